The molecule has 0 unspecified atom stereocenters. The summed E-state index contributed by atoms with van der Waals surface area (Å²) < 4.78 is 11.1. The van der Waals surface area contributed by atoms with Crippen molar-refractivity contribution in [2.45, 2.75) is 33.8 Å². The second kappa shape index (κ2) is 7.49. The minimum atomic E-state index is -0.226. The molecule has 0 aliphatic heterocycles. The maximum Gasteiger partial charge on any atom is 0.175 e. The summed E-state index contributed by atoms with van der Waals surface area (Å²) in [6, 6.07) is 7.34. The van der Waals surface area contributed by atoms with Gasteiger partial charge in [-0.05, 0) is 26.0 Å². The van der Waals surface area contributed by atoms with E-state index in [0.717, 1.165) is 0 Å². The van der Waals surface area contributed by atoms with Crippen molar-refractivity contribution in [3.8, 4) is 17.6 Å². The van der Waals surface area contributed by atoms with Crippen molar-refractivity contribution in [1.29, 1.82) is 5.26 Å². The van der Waals surface area contributed by atoms with E-state index in [2.05, 4.69) is 0 Å². The highest BCUT2D eigenvalue weighted by atomic mass is 16.5. The lowest BCUT2D eigenvalue weighted by Crippen LogP contribution is -2.10. The zero-order valence-corrected chi connectivity index (χ0v) is 13.1. The first-order valence-corrected chi connectivity index (χ1v) is 6.90. The van der Waals surface area contributed by atoms with Crippen LogP contribution >= 0.6 is 0 Å². The van der Waals surface area contributed by atoms with E-state index in [1.165, 1.54) is 0 Å². The summed E-state index contributed by atoms with van der Waals surface area (Å²) >= 11 is 0. The van der Waals surface area contributed by atoms with Gasteiger partial charge in [-0.1, -0.05) is 26.0 Å². The van der Waals surface area contributed by atoms with Crippen LogP contribution in [-0.2, 0) is 4.79 Å². The van der Waals surface area contributed by atoms with Gasteiger partial charge in [-0.2, -0.15) is 5.26 Å². The van der Waals surface area contributed by atoms with Crippen LogP contribution in [-0.4, -0.2) is 19.0 Å². The number of nitrogens with zero attached hydrogens (tertiary/aromatic N) is 1. The van der Waals surface area contributed by atoms with Crippen molar-refractivity contribution >= 4 is 11.9 Å². The number of allylic oxidation sites excluding steroid dienone is 1. The number of nitriles is 1. The zero-order valence-electron chi connectivity index (χ0n) is 13.1. The molecule has 4 nitrogen and oxygen atoms in total. The second-order valence-corrected chi connectivity index (χ2v) is 5.23. The van der Waals surface area contributed by atoms with Crippen molar-refractivity contribution in [1.82, 2.24) is 0 Å². The van der Waals surface area contributed by atoms with Gasteiger partial charge in [0, 0.05) is 11.5 Å². The third-order valence-electron chi connectivity index (χ3n) is 2.79. The van der Waals surface area contributed by atoms with Crippen LogP contribution in [0.5, 0.6) is 11.5 Å². The number of ether oxygens (including phenoxy) is 2. The Hall–Kier alpha value is -2.28. The molecular weight excluding hydrogens is 266 g/mol. The molecule has 1 rings (SSSR count). The number of carbonyl (C=O) groups is 1. The average molecular weight is 287 g/mol. The lowest BCUT2D eigenvalue weighted by Gasteiger charge is -2.16. The fraction of sp³-hybridized carbons (Fsp3) is 0.412. The molecule has 21 heavy (non-hydrogen) atoms. The highest BCUT2D eigenvalue weighted by Crippen LogP contribution is 2.33. The van der Waals surface area contributed by atoms with Gasteiger partial charge in [0.15, 0.2) is 17.3 Å². The molecule has 1 aromatic rings. The first-order valence-electron chi connectivity index (χ1n) is 6.90. The molecule has 1 aromatic carbocycles. The number of hydrogen-bond acceptors (Lipinski definition) is 4. The molecule has 0 heterocycles. The number of benzene rings is 1. The first kappa shape index (κ1) is 16.8. The van der Waals surface area contributed by atoms with Gasteiger partial charge >= 0.3 is 0 Å². The Bertz CT molecular complexity index is 580. The molecule has 0 aromatic heterocycles. The molecule has 4 heteroatoms. The molecule has 0 spiro atoms. The van der Waals surface area contributed by atoms with Gasteiger partial charge in [0.05, 0.1) is 18.8 Å². The summed E-state index contributed by atoms with van der Waals surface area (Å²) in [7, 11) is 1.56. The van der Waals surface area contributed by atoms with Crippen LogP contribution in [0.1, 0.15) is 33.3 Å². The minimum absolute atomic E-state index is 0.0419. The van der Waals surface area contributed by atoms with Crippen molar-refractivity contribution in [2.24, 2.45) is 5.92 Å². The Balaban J connectivity index is 3.35. The number of carbonyl (C=O) groups excluding carboxylic acids is 1. The largest absolute Gasteiger partial charge is 0.493 e. The maximum atomic E-state index is 12.0. The molecule has 0 aliphatic carbocycles. The Labute approximate surface area is 126 Å². The molecule has 0 atom stereocenters. The van der Waals surface area contributed by atoms with E-state index in [0.29, 0.717) is 17.1 Å². The number of methoxy groups -OCH3 is 1. The molecule has 0 fully saturated rings. The highest BCUT2D eigenvalue weighted by molar-refractivity contribution is 6.04. The molecular formula is C17H21NO3. The number of rotatable bonds is 6. The van der Waals surface area contributed by atoms with E-state index in [1.54, 1.807) is 45.2 Å². The standard InChI is InChI=1S/C17H21NO3/c1-11(2)16(19)14(10-18)9-13-7-6-8-15(20-5)17(13)21-12(3)4/h6-9,11-12H,1-5H3. The van der Waals surface area contributed by atoms with Gasteiger partial charge in [-0.15, -0.1) is 0 Å². The Morgan fingerprint density at radius 3 is 2.43 bits per heavy atom. The fourth-order valence-corrected chi connectivity index (χ4v) is 1.79. The van der Waals surface area contributed by atoms with Crippen molar-refractivity contribution in [2.75, 3.05) is 7.11 Å². The lowest BCUT2D eigenvalue weighted by atomic mass is 9.99. The summed E-state index contributed by atoms with van der Waals surface area (Å²) in [4.78, 5) is 12.0. The Morgan fingerprint density at radius 2 is 1.95 bits per heavy atom. The highest BCUT2D eigenvalue weighted by Gasteiger charge is 2.16. The van der Waals surface area contributed by atoms with Gasteiger partial charge in [0.1, 0.15) is 6.07 Å². The summed E-state index contributed by atoms with van der Waals surface area (Å²) in [6.45, 7) is 7.35. The predicted octanol–water partition coefficient (Wildman–Crippen LogP) is 3.61. The quantitative estimate of drug-likeness (QED) is 0.592. The molecule has 0 N–H and O–H groups in total. The summed E-state index contributed by atoms with van der Waals surface area (Å²) in [6.07, 6.45) is 1.52. The Morgan fingerprint density at radius 1 is 1.29 bits per heavy atom. The van der Waals surface area contributed by atoms with Crippen LogP contribution in [0.4, 0.5) is 0 Å². The van der Waals surface area contributed by atoms with Crippen molar-refractivity contribution in [3.63, 3.8) is 0 Å². The zero-order chi connectivity index (χ0) is 16.0. The minimum Gasteiger partial charge on any atom is -0.493 e. The van der Waals surface area contributed by atoms with Gasteiger partial charge in [-0.3, -0.25) is 4.79 Å². The third kappa shape index (κ3) is 4.35. The molecule has 112 valence electrons. The van der Waals surface area contributed by atoms with Crippen molar-refractivity contribution < 1.29 is 14.3 Å². The topological polar surface area (TPSA) is 59.3 Å². The third-order valence-corrected chi connectivity index (χ3v) is 2.79. The average Bonchev–Trinajstić information content (AvgIpc) is 2.44. The normalized spacial score (nSPS) is 11.4. The first-order chi connectivity index (χ1) is 9.90. The van der Waals surface area contributed by atoms with Crippen LogP contribution in [0.25, 0.3) is 6.08 Å². The van der Waals surface area contributed by atoms with E-state index in [-0.39, 0.29) is 23.4 Å². The smallest absolute Gasteiger partial charge is 0.175 e. The predicted molar refractivity (Wildman–Crippen MR) is 82.2 cm³/mol. The summed E-state index contributed by atoms with van der Waals surface area (Å²) in [5, 5.41) is 9.19. The van der Waals surface area contributed by atoms with Crippen LogP contribution in [0.2, 0.25) is 0 Å². The van der Waals surface area contributed by atoms with E-state index >= 15 is 0 Å². The number of para-hydroxylation sites is 1. The maximum absolute atomic E-state index is 12.0. The Kier molecular flexibility index (Phi) is 5.98. The van der Waals surface area contributed by atoms with Gasteiger partial charge in [0.2, 0.25) is 0 Å². The monoisotopic (exact) mass is 287 g/mol. The molecule has 0 radical (unpaired) electrons. The molecule has 0 saturated carbocycles. The fourth-order valence-electron chi connectivity index (χ4n) is 1.79. The SMILES string of the molecule is COc1cccc(C=C(C#N)C(=O)C(C)C)c1OC(C)C. The lowest BCUT2D eigenvalue weighted by molar-refractivity contribution is -0.117. The van der Waals surface area contributed by atoms with Gasteiger partial charge in [-0.25, -0.2) is 0 Å². The van der Waals surface area contributed by atoms with Gasteiger partial charge < -0.3 is 9.47 Å². The van der Waals surface area contributed by atoms with E-state index in [1.807, 2.05) is 19.9 Å². The van der Waals surface area contributed by atoms with E-state index in [4.69, 9.17) is 9.47 Å². The summed E-state index contributed by atoms with van der Waals surface area (Å²) in [5.41, 5.74) is 0.778. The molecule has 0 amide bonds. The summed E-state index contributed by atoms with van der Waals surface area (Å²) in [5.74, 6) is 0.706. The number of Topliss-reactive ketones (excluding diaryl/α,β-unsaturated/α-hetero) is 1. The van der Waals surface area contributed by atoms with E-state index in [9.17, 15) is 10.1 Å². The van der Waals surface area contributed by atoms with Crippen LogP contribution in [0.15, 0.2) is 23.8 Å². The van der Waals surface area contributed by atoms with Crippen LogP contribution in [0.3, 0.4) is 0 Å². The molecule has 0 bridgehead atoms. The van der Waals surface area contributed by atoms with Gasteiger partial charge in [0.25, 0.3) is 0 Å². The number of ketones is 1. The number of hydrogen-bond donors (Lipinski definition) is 0. The van der Waals surface area contributed by atoms with Crippen LogP contribution < -0.4 is 9.47 Å². The molecule has 0 saturated heterocycles. The van der Waals surface area contributed by atoms with Crippen LogP contribution in [0, 0.1) is 17.2 Å². The van der Waals surface area contributed by atoms with Crippen molar-refractivity contribution in [3.05, 3.63) is 29.3 Å². The van der Waals surface area contributed by atoms with E-state index < -0.39 is 0 Å². The second-order valence-electron chi connectivity index (χ2n) is 5.23. The molecule has 0 aliphatic rings.